The third kappa shape index (κ3) is 2.70. The quantitative estimate of drug-likeness (QED) is 0.386. The predicted molar refractivity (Wildman–Crippen MR) is 46.1 cm³/mol. The summed E-state index contributed by atoms with van der Waals surface area (Å²) in [5.74, 6) is -0.207. The van der Waals surface area contributed by atoms with Crippen molar-refractivity contribution >= 4 is 5.78 Å². The number of hydrogen-bond donors (Lipinski definition) is 0. The molecule has 0 amide bonds. The molecule has 0 saturated heterocycles. The van der Waals surface area contributed by atoms with Gasteiger partial charge in [0.05, 0.1) is 19.1 Å². The highest BCUT2D eigenvalue weighted by atomic mass is 16.5. The molecule has 1 aromatic heterocycles. The third-order valence-electron chi connectivity index (χ3n) is 1.34. The summed E-state index contributed by atoms with van der Waals surface area (Å²) in [6, 6.07) is 0. The Morgan fingerprint density at radius 2 is 2.54 bits per heavy atom. The Bertz CT molecular complexity index is 317. The standard InChI is InChI=1S/C8H11N3O2/c1-3-13-5-4-8(12)7-6-11(2)10-9-7/h4-6H,3H2,1-2H3/b5-4+. The van der Waals surface area contributed by atoms with E-state index < -0.39 is 0 Å². The largest absolute Gasteiger partial charge is 0.501 e. The average Bonchev–Trinajstić information content (AvgIpc) is 2.52. The monoisotopic (exact) mass is 181 g/mol. The number of carbonyl (C=O) groups is 1. The molecule has 0 atom stereocenters. The Morgan fingerprint density at radius 3 is 3.08 bits per heavy atom. The first-order valence-corrected chi connectivity index (χ1v) is 3.93. The molecule has 0 aromatic carbocycles. The first kappa shape index (κ1) is 9.44. The predicted octanol–water partition coefficient (Wildman–Crippen LogP) is 0.548. The van der Waals surface area contributed by atoms with Crippen molar-refractivity contribution in [3.63, 3.8) is 0 Å². The molecule has 5 nitrogen and oxygen atoms in total. The summed E-state index contributed by atoms with van der Waals surface area (Å²) >= 11 is 0. The van der Waals surface area contributed by atoms with Crippen LogP contribution in [0.5, 0.6) is 0 Å². The van der Waals surface area contributed by atoms with Gasteiger partial charge in [-0.2, -0.15) is 0 Å². The SMILES string of the molecule is CCO/C=C/C(=O)c1cn(C)nn1. The fourth-order valence-electron chi connectivity index (χ4n) is 0.752. The van der Waals surface area contributed by atoms with Gasteiger partial charge in [0.2, 0.25) is 5.78 Å². The molecule has 70 valence electrons. The highest BCUT2D eigenvalue weighted by Crippen LogP contribution is 1.94. The van der Waals surface area contributed by atoms with E-state index in [-0.39, 0.29) is 5.78 Å². The van der Waals surface area contributed by atoms with Crippen molar-refractivity contribution in [2.45, 2.75) is 6.92 Å². The van der Waals surface area contributed by atoms with Crippen LogP contribution in [0, 0.1) is 0 Å². The Labute approximate surface area is 76.0 Å². The van der Waals surface area contributed by atoms with E-state index in [0.717, 1.165) is 0 Å². The van der Waals surface area contributed by atoms with Crippen molar-refractivity contribution in [1.82, 2.24) is 15.0 Å². The molecule has 5 heteroatoms. The van der Waals surface area contributed by atoms with Gasteiger partial charge in [0, 0.05) is 13.1 Å². The summed E-state index contributed by atoms with van der Waals surface area (Å²) in [6.07, 6.45) is 4.24. The Kier molecular flexibility index (Phi) is 3.19. The summed E-state index contributed by atoms with van der Waals surface area (Å²) in [6.45, 7) is 2.39. The zero-order chi connectivity index (χ0) is 9.68. The molecule has 13 heavy (non-hydrogen) atoms. The van der Waals surface area contributed by atoms with Crippen LogP contribution < -0.4 is 0 Å². The molecule has 1 aromatic rings. The normalized spacial score (nSPS) is 10.6. The van der Waals surface area contributed by atoms with Crippen LogP contribution in [-0.4, -0.2) is 27.4 Å². The first-order chi connectivity index (χ1) is 6.24. The van der Waals surface area contributed by atoms with E-state index in [2.05, 4.69) is 10.3 Å². The van der Waals surface area contributed by atoms with Crippen LogP contribution in [0.1, 0.15) is 17.4 Å². The van der Waals surface area contributed by atoms with E-state index in [1.54, 1.807) is 13.2 Å². The lowest BCUT2D eigenvalue weighted by molar-refractivity contribution is 0.103. The molecule has 0 unspecified atom stereocenters. The molecule has 0 aliphatic carbocycles. The fourth-order valence-corrected chi connectivity index (χ4v) is 0.752. The maximum Gasteiger partial charge on any atom is 0.210 e. The molecular weight excluding hydrogens is 170 g/mol. The van der Waals surface area contributed by atoms with Crippen LogP contribution in [0.3, 0.4) is 0 Å². The minimum Gasteiger partial charge on any atom is -0.501 e. The van der Waals surface area contributed by atoms with Crippen LogP contribution in [0.4, 0.5) is 0 Å². The number of carbonyl (C=O) groups excluding carboxylic acids is 1. The van der Waals surface area contributed by atoms with Crippen molar-refractivity contribution in [3.05, 3.63) is 24.2 Å². The molecule has 1 rings (SSSR count). The summed E-state index contributed by atoms with van der Waals surface area (Å²) in [7, 11) is 1.70. The van der Waals surface area contributed by atoms with Crippen LogP contribution in [-0.2, 0) is 11.8 Å². The van der Waals surface area contributed by atoms with E-state index >= 15 is 0 Å². The maximum absolute atomic E-state index is 11.3. The van der Waals surface area contributed by atoms with Crippen molar-refractivity contribution in [2.24, 2.45) is 7.05 Å². The van der Waals surface area contributed by atoms with Crippen molar-refractivity contribution < 1.29 is 9.53 Å². The summed E-state index contributed by atoms with van der Waals surface area (Å²) in [4.78, 5) is 11.3. The molecule has 0 saturated carbocycles. The second-order valence-corrected chi connectivity index (χ2v) is 2.40. The van der Waals surface area contributed by atoms with Gasteiger partial charge in [0.1, 0.15) is 0 Å². The second kappa shape index (κ2) is 4.39. The van der Waals surface area contributed by atoms with Gasteiger partial charge in [-0.05, 0) is 6.92 Å². The van der Waals surface area contributed by atoms with Crippen molar-refractivity contribution in [1.29, 1.82) is 0 Å². The first-order valence-electron chi connectivity index (χ1n) is 3.93. The summed E-state index contributed by atoms with van der Waals surface area (Å²) in [5.41, 5.74) is 0.318. The number of aryl methyl sites for hydroxylation is 1. The number of aromatic nitrogens is 3. The van der Waals surface area contributed by atoms with Gasteiger partial charge in [0.15, 0.2) is 5.69 Å². The molecule has 0 N–H and O–H groups in total. The van der Waals surface area contributed by atoms with E-state index in [9.17, 15) is 4.79 Å². The van der Waals surface area contributed by atoms with E-state index in [0.29, 0.717) is 12.3 Å². The number of ether oxygens (including phenoxy) is 1. The van der Waals surface area contributed by atoms with Gasteiger partial charge >= 0.3 is 0 Å². The topological polar surface area (TPSA) is 57.0 Å². The van der Waals surface area contributed by atoms with E-state index in [1.807, 2.05) is 6.92 Å². The van der Waals surface area contributed by atoms with E-state index in [4.69, 9.17) is 4.74 Å². The zero-order valence-electron chi connectivity index (χ0n) is 7.60. The number of rotatable bonds is 4. The van der Waals surface area contributed by atoms with Gasteiger partial charge in [0.25, 0.3) is 0 Å². The third-order valence-corrected chi connectivity index (χ3v) is 1.34. The van der Waals surface area contributed by atoms with Crippen molar-refractivity contribution in [2.75, 3.05) is 6.61 Å². The van der Waals surface area contributed by atoms with Crippen LogP contribution in [0.2, 0.25) is 0 Å². The number of ketones is 1. The maximum atomic E-state index is 11.3. The highest BCUT2D eigenvalue weighted by Gasteiger charge is 2.05. The number of nitrogens with zero attached hydrogens (tertiary/aromatic N) is 3. The Balaban J connectivity index is 2.58. The van der Waals surface area contributed by atoms with E-state index in [1.165, 1.54) is 17.0 Å². The molecule has 0 aliphatic heterocycles. The summed E-state index contributed by atoms with van der Waals surface area (Å²) < 4.78 is 6.35. The molecule has 0 aliphatic rings. The van der Waals surface area contributed by atoms with Gasteiger partial charge in [-0.15, -0.1) is 5.10 Å². The molecule has 1 heterocycles. The molecule has 0 bridgehead atoms. The molecular formula is C8H11N3O2. The van der Waals surface area contributed by atoms with Crippen LogP contribution in [0.15, 0.2) is 18.5 Å². The summed E-state index contributed by atoms with van der Waals surface area (Å²) in [5, 5.41) is 7.29. The van der Waals surface area contributed by atoms with Gasteiger partial charge in [-0.3, -0.25) is 9.48 Å². The lowest BCUT2D eigenvalue weighted by Crippen LogP contribution is -1.94. The molecule has 0 radical (unpaired) electrons. The highest BCUT2D eigenvalue weighted by molar-refractivity contribution is 6.02. The van der Waals surface area contributed by atoms with Crippen LogP contribution in [0.25, 0.3) is 0 Å². The van der Waals surface area contributed by atoms with Crippen LogP contribution >= 0.6 is 0 Å². The Morgan fingerprint density at radius 1 is 1.77 bits per heavy atom. The number of hydrogen-bond acceptors (Lipinski definition) is 4. The average molecular weight is 181 g/mol. The minimum absolute atomic E-state index is 0.207. The van der Waals surface area contributed by atoms with Gasteiger partial charge in [-0.1, -0.05) is 5.21 Å². The lowest BCUT2D eigenvalue weighted by atomic mass is 10.3. The molecule has 0 spiro atoms. The smallest absolute Gasteiger partial charge is 0.210 e. The minimum atomic E-state index is -0.207. The van der Waals surface area contributed by atoms with Crippen molar-refractivity contribution in [3.8, 4) is 0 Å². The Hall–Kier alpha value is -1.65. The zero-order valence-corrected chi connectivity index (χ0v) is 7.60. The van der Waals surface area contributed by atoms with Gasteiger partial charge < -0.3 is 4.74 Å². The van der Waals surface area contributed by atoms with Gasteiger partial charge in [-0.25, -0.2) is 0 Å². The molecule has 0 fully saturated rings. The lowest BCUT2D eigenvalue weighted by Gasteiger charge is -1.90. The fraction of sp³-hybridized carbons (Fsp3) is 0.375. The second-order valence-electron chi connectivity index (χ2n) is 2.40. The number of allylic oxidation sites excluding steroid dienone is 1.